The molecule has 5 heteroatoms. The maximum Gasteiger partial charge on any atom is 0.230 e. The van der Waals surface area contributed by atoms with Crippen LogP contribution in [0.2, 0.25) is 5.22 Å². The van der Waals surface area contributed by atoms with Crippen molar-refractivity contribution >= 4 is 23.1 Å². The van der Waals surface area contributed by atoms with Crippen LogP contribution in [0.5, 0.6) is 5.75 Å². The molecule has 1 aromatic heterocycles. The third kappa shape index (κ3) is 1.87. The Morgan fingerprint density at radius 1 is 1.31 bits per heavy atom. The maximum absolute atomic E-state index is 11.9. The third-order valence-electron chi connectivity index (χ3n) is 2.08. The number of nitrogens with two attached hydrogens (primary N) is 1. The van der Waals surface area contributed by atoms with Crippen molar-refractivity contribution in [3.63, 3.8) is 0 Å². The van der Waals surface area contributed by atoms with Crippen LogP contribution < -0.4 is 5.73 Å². The summed E-state index contributed by atoms with van der Waals surface area (Å²) in [7, 11) is 0. The van der Waals surface area contributed by atoms with E-state index in [0.29, 0.717) is 0 Å². The van der Waals surface area contributed by atoms with Gasteiger partial charge in [0.1, 0.15) is 5.75 Å². The van der Waals surface area contributed by atoms with Gasteiger partial charge >= 0.3 is 0 Å². The van der Waals surface area contributed by atoms with Crippen LogP contribution in [0.1, 0.15) is 16.1 Å². The minimum Gasteiger partial charge on any atom is -0.508 e. The summed E-state index contributed by atoms with van der Waals surface area (Å²) >= 11 is 5.57. The van der Waals surface area contributed by atoms with Crippen LogP contribution >= 0.6 is 11.6 Å². The topological polar surface area (TPSA) is 76.5 Å². The number of ketones is 1. The normalized spacial score (nSPS) is 10.3. The molecule has 4 nitrogen and oxygen atoms in total. The fraction of sp³-hybridized carbons (Fsp3) is 0. The van der Waals surface area contributed by atoms with Gasteiger partial charge < -0.3 is 15.3 Å². The van der Waals surface area contributed by atoms with E-state index in [2.05, 4.69) is 0 Å². The fourth-order valence-corrected chi connectivity index (χ4v) is 1.47. The van der Waals surface area contributed by atoms with E-state index in [1.165, 1.54) is 30.3 Å². The molecule has 0 saturated carbocycles. The van der Waals surface area contributed by atoms with Crippen LogP contribution in [0.25, 0.3) is 0 Å². The molecule has 3 N–H and O–H groups in total. The number of halogens is 1. The van der Waals surface area contributed by atoms with Crippen LogP contribution in [-0.2, 0) is 0 Å². The van der Waals surface area contributed by atoms with Crippen molar-refractivity contribution in [2.24, 2.45) is 0 Å². The molecule has 0 bridgehead atoms. The van der Waals surface area contributed by atoms with Gasteiger partial charge in [0, 0.05) is 17.3 Å². The Morgan fingerprint density at radius 2 is 2.06 bits per heavy atom. The Bertz CT molecular complexity index is 548. The molecule has 1 heterocycles. The lowest BCUT2D eigenvalue weighted by Gasteiger charge is -2.02. The lowest BCUT2D eigenvalue weighted by molar-refractivity contribution is 0.101. The van der Waals surface area contributed by atoms with Crippen LogP contribution in [0, 0.1) is 0 Å². The van der Waals surface area contributed by atoms with Gasteiger partial charge in [-0.25, -0.2) is 0 Å². The fourth-order valence-electron chi connectivity index (χ4n) is 1.33. The van der Waals surface area contributed by atoms with Crippen molar-refractivity contribution in [1.82, 2.24) is 0 Å². The molecule has 0 atom stereocenters. The molecule has 1 aromatic carbocycles. The number of aromatic hydroxyl groups is 1. The summed E-state index contributed by atoms with van der Waals surface area (Å²) in [6.45, 7) is 0. The second-order valence-electron chi connectivity index (χ2n) is 3.20. The number of rotatable bonds is 2. The average molecular weight is 238 g/mol. The summed E-state index contributed by atoms with van der Waals surface area (Å²) in [4.78, 5) is 11.9. The molecule has 82 valence electrons. The molecule has 0 aliphatic carbocycles. The zero-order valence-electron chi connectivity index (χ0n) is 8.11. The summed E-state index contributed by atoms with van der Waals surface area (Å²) in [5.74, 6) is -0.252. The number of nitrogen functional groups attached to an aromatic ring is 1. The Labute approximate surface area is 96.2 Å². The molecule has 2 rings (SSSR count). The summed E-state index contributed by atoms with van der Waals surface area (Å²) in [5, 5.41) is 9.30. The molecule has 0 radical (unpaired) electrons. The average Bonchev–Trinajstić information content (AvgIpc) is 2.64. The number of phenols is 1. The number of carbonyl (C=O) groups excluding carboxylic acids is 1. The van der Waals surface area contributed by atoms with E-state index < -0.39 is 0 Å². The number of phenolic OH excluding ortho intramolecular Hbond substituents is 1. The summed E-state index contributed by atoms with van der Waals surface area (Å²) in [5.41, 5.74) is 6.07. The monoisotopic (exact) mass is 237 g/mol. The second-order valence-corrected chi connectivity index (χ2v) is 3.58. The first-order valence-corrected chi connectivity index (χ1v) is 4.84. The number of hydrogen-bond donors (Lipinski definition) is 2. The first-order chi connectivity index (χ1) is 7.58. The zero-order valence-corrected chi connectivity index (χ0v) is 8.86. The Morgan fingerprint density at radius 3 is 2.62 bits per heavy atom. The van der Waals surface area contributed by atoms with Crippen LogP contribution in [0.15, 0.2) is 34.7 Å². The van der Waals surface area contributed by atoms with Gasteiger partial charge in [0.15, 0.2) is 11.0 Å². The molecule has 0 fully saturated rings. The van der Waals surface area contributed by atoms with Gasteiger partial charge in [-0.15, -0.1) is 0 Å². The van der Waals surface area contributed by atoms with Gasteiger partial charge in [-0.05, 0) is 35.9 Å². The summed E-state index contributed by atoms with van der Waals surface area (Å²) in [6, 6.07) is 7.07. The number of carbonyl (C=O) groups is 1. The number of furan rings is 1. The van der Waals surface area contributed by atoms with E-state index in [1.54, 1.807) is 0 Å². The summed E-state index contributed by atoms with van der Waals surface area (Å²) < 4.78 is 4.98. The van der Waals surface area contributed by atoms with Crippen LogP contribution in [0.4, 0.5) is 5.69 Å². The van der Waals surface area contributed by atoms with Crippen molar-refractivity contribution in [3.8, 4) is 5.75 Å². The molecule has 0 spiro atoms. The minimum absolute atomic E-state index is 0.00604. The first kappa shape index (κ1) is 10.6. The van der Waals surface area contributed by atoms with E-state index >= 15 is 0 Å². The summed E-state index contributed by atoms with van der Waals surface area (Å²) in [6.07, 6.45) is 0. The molecule has 0 unspecified atom stereocenters. The van der Waals surface area contributed by atoms with E-state index in [-0.39, 0.29) is 33.8 Å². The predicted molar refractivity (Wildman–Crippen MR) is 59.7 cm³/mol. The van der Waals surface area contributed by atoms with Crippen molar-refractivity contribution in [1.29, 1.82) is 0 Å². The zero-order chi connectivity index (χ0) is 11.7. The molecule has 0 aliphatic heterocycles. The first-order valence-electron chi connectivity index (χ1n) is 4.46. The van der Waals surface area contributed by atoms with Gasteiger partial charge in [-0.1, -0.05) is 0 Å². The number of anilines is 1. The van der Waals surface area contributed by atoms with Gasteiger partial charge in [0.05, 0.1) is 0 Å². The highest BCUT2D eigenvalue weighted by atomic mass is 35.5. The SMILES string of the molecule is Nc1cc(O)ccc1C(=O)c1ccc(Cl)o1. The minimum atomic E-state index is -0.371. The number of hydrogen-bond acceptors (Lipinski definition) is 4. The number of benzene rings is 1. The molecule has 16 heavy (non-hydrogen) atoms. The molecule has 0 amide bonds. The largest absolute Gasteiger partial charge is 0.508 e. The van der Waals surface area contributed by atoms with E-state index in [9.17, 15) is 4.79 Å². The maximum atomic E-state index is 11.9. The highest BCUT2D eigenvalue weighted by Crippen LogP contribution is 2.23. The van der Waals surface area contributed by atoms with Gasteiger partial charge in [-0.3, -0.25) is 4.79 Å². The highest BCUT2D eigenvalue weighted by molar-refractivity contribution is 6.29. The Hall–Kier alpha value is -1.94. The smallest absolute Gasteiger partial charge is 0.230 e. The van der Waals surface area contributed by atoms with Gasteiger partial charge in [0.25, 0.3) is 0 Å². The second kappa shape index (κ2) is 3.90. The molecule has 0 aliphatic rings. The molecular weight excluding hydrogens is 230 g/mol. The molecule has 2 aromatic rings. The quantitative estimate of drug-likeness (QED) is 0.621. The lowest BCUT2D eigenvalue weighted by atomic mass is 10.1. The van der Waals surface area contributed by atoms with E-state index in [4.69, 9.17) is 26.9 Å². The Kier molecular flexibility index (Phi) is 2.58. The van der Waals surface area contributed by atoms with Crippen LogP contribution in [-0.4, -0.2) is 10.9 Å². The van der Waals surface area contributed by atoms with E-state index in [1.807, 2.05) is 0 Å². The van der Waals surface area contributed by atoms with Crippen molar-refractivity contribution < 1.29 is 14.3 Å². The van der Waals surface area contributed by atoms with Crippen molar-refractivity contribution in [2.45, 2.75) is 0 Å². The van der Waals surface area contributed by atoms with Crippen LogP contribution in [0.3, 0.4) is 0 Å². The van der Waals surface area contributed by atoms with Gasteiger partial charge in [0.2, 0.25) is 5.78 Å². The van der Waals surface area contributed by atoms with Crippen molar-refractivity contribution in [2.75, 3.05) is 5.73 Å². The Balaban J connectivity index is 2.41. The highest BCUT2D eigenvalue weighted by Gasteiger charge is 2.16. The van der Waals surface area contributed by atoms with Crippen molar-refractivity contribution in [3.05, 3.63) is 46.9 Å². The molecule has 0 saturated heterocycles. The van der Waals surface area contributed by atoms with Gasteiger partial charge in [-0.2, -0.15) is 0 Å². The predicted octanol–water partition coefficient (Wildman–Crippen LogP) is 2.45. The van der Waals surface area contributed by atoms with E-state index in [0.717, 1.165) is 0 Å². The standard InChI is InChI=1S/C11H8ClNO3/c12-10-4-3-9(16-10)11(15)7-2-1-6(14)5-8(7)13/h1-5,14H,13H2. The lowest BCUT2D eigenvalue weighted by Crippen LogP contribution is -2.03. The molecular formula is C11H8ClNO3. The third-order valence-corrected chi connectivity index (χ3v) is 2.28.